The molecule has 2 N–H and O–H groups in total. The summed E-state index contributed by atoms with van der Waals surface area (Å²) in [6.45, 7) is 11.0. The van der Waals surface area contributed by atoms with Gasteiger partial charge in [-0.3, -0.25) is 0 Å². The Hall–Kier alpha value is -1.30. The Morgan fingerprint density at radius 1 is 1.14 bits per heavy atom. The van der Waals surface area contributed by atoms with Crippen LogP contribution in [0, 0.1) is 22.7 Å². The van der Waals surface area contributed by atoms with Gasteiger partial charge in [0.25, 0.3) is 0 Å². The van der Waals surface area contributed by atoms with E-state index in [2.05, 4.69) is 33.9 Å². The number of hydrogen-bond donors (Lipinski definition) is 2. The first-order valence-electron chi connectivity index (χ1n) is 14.0. The fourth-order valence-electron chi connectivity index (χ4n) is 10.3. The van der Waals surface area contributed by atoms with Gasteiger partial charge in [0.1, 0.15) is 11.7 Å². The maximum absolute atomic E-state index is 12.3. The van der Waals surface area contributed by atoms with Gasteiger partial charge >= 0.3 is 0 Å². The largest absolute Gasteiger partial charge is 0.504 e. The molecule has 1 saturated heterocycles. The number of piperidine rings is 1. The average molecular weight is 483 g/mol. The van der Waals surface area contributed by atoms with Crippen LogP contribution in [0.5, 0.6) is 11.5 Å². The van der Waals surface area contributed by atoms with Gasteiger partial charge in [0, 0.05) is 42.8 Å². The van der Waals surface area contributed by atoms with Gasteiger partial charge in [-0.1, -0.05) is 26.8 Å². The summed E-state index contributed by atoms with van der Waals surface area (Å²) in [5.74, 6) is 1.83. The number of ether oxygens (including phenoxy) is 2. The first-order chi connectivity index (χ1) is 16.4. The van der Waals surface area contributed by atoms with Gasteiger partial charge in [0.15, 0.2) is 11.5 Å². The molecule has 2 aliphatic heterocycles. The van der Waals surface area contributed by atoms with Crippen molar-refractivity contribution in [3.8, 4) is 11.5 Å². The van der Waals surface area contributed by atoms with Crippen LogP contribution in [0.2, 0.25) is 0 Å². The minimum Gasteiger partial charge on any atom is -0.504 e. The number of aliphatic hydroxyl groups is 1. The number of benzene rings is 1. The van der Waals surface area contributed by atoms with E-state index in [1.54, 1.807) is 0 Å². The normalized spacial score (nSPS) is 46.7. The van der Waals surface area contributed by atoms with Crippen LogP contribution in [0.4, 0.5) is 0 Å². The molecule has 2 spiro atoms. The minimum atomic E-state index is -0.910. The van der Waals surface area contributed by atoms with Crippen molar-refractivity contribution >= 4 is 0 Å². The molecule has 1 aromatic carbocycles. The van der Waals surface area contributed by atoms with E-state index in [9.17, 15) is 10.2 Å². The molecule has 4 saturated carbocycles. The first-order valence-corrected chi connectivity index (χ1v) is 14.0. The summed E-state index contributed by atoms with van der Waals surface area (Å²) >= 11 is 0. The Morgan fingerprint density at radius 2 is 1.89 bits per heavy atom. The number of quaternary nitrogens is 1. The molecular weight excluding hydrogens is 438 g/mol. The van der Waals surface area contributed by atoms with Crippen LogP contribution in [0.1, 0.15) is 77.3 Å². The van der Waals surface area contributed by atoms with E-state index < -0.39 is 11.2 Å². The monoisotopic (exact) mass is 482 g/mol. The first kappa shape index (κ1) is 22.9. The highest BCUT2D eigenvalue weighted by molar-refractivity contribution is 5.63. The van der Waals surface area contributed by atoms with Crippen LogP contribution < -0.4 is 4.74 Å². The lowest BCUT2D eigenvalue weighted by atomic mass is 9.33. The van der Waals surface area contributed by atoms with Crippen LogP contribution in [0.25, 0.3) is 0 Å². The molecule has 0 aromatic heterocycles. The van der Waals surface area contributed by atoms with Gasteiger partial charge < -0.3 is 24.2 Å². The lowest BCUT2D eigenvalue weighted by Gasteiger charge is -2.75. The van der Waals surface area contributed by atoms with Gasteiger partial charge in [0.05, 0.1) is 37.2 Å². The van der Waals surface area contributed by atoms with Crippen molar-refractivity contribution in [1.82, 2.24) is 0 Å². The van der Waals surface area contributed by atoms with E-state index in [4.69, 9.17) is 9.47 Å². The molecule has 5 fully saturated rings. The van der Waals surface area contributed by atoms with Gasteiger partial charge in [-0.2, -0.15) is 0 Å². The third-order valence-corrected chi connectivity index (χ3v) is 12.6. The van der Waals surface area contributed by atoms with Gasteiger partial charge in [0.2, 0.25) is 0 Å². The number of phenolic OH excluding ortho intramolecular Hbond substituents is 1. The van der Waals surface area contributed by atoms with Crippen molar-refractivity contribution in [3.63, 3.8) is 0 Å². The second-order valence-electron chi connectivity index (χ2n) is 14.7. The fourth-order valence-corrected chi connectivity index (χ4v) is 10.3. The standard InChI is InChI=1S/C30H43NO4/c1-26(2,3)27(4,33)21-16-28-11-12-30(21,34-6)25-29(28)13-14-31(5,17-18-7-8-18)22(28)15-19-9-10-20(32)24(35-25)23(19)29/h9-10,18,21-22,25,33H,7-8,11-17H2,1-6H3/p+1/t21-,22-,25-,27?,28-,29+,30?,31-/m0/s1. The lowest BCUT2D eigenvalue weighted by molar-refractivity contribution is -0.952. The lowest BCUT2D eigenvalue weighted by Crippen LogP contribution is -2.85. The maximum Gasteiger partial charge on any atom is 0.165 e. The van der Waals surface area contributed by atoms with E-state index in [0.29, 0.717) is 11.8 Å². The Bertz CT molecular complexity index is 1100. The molecule has 192 valence electrons. The Balaban J connectivity index is 1.50. The summed E-state index contributed by atoms with van der Waals surface area (Å²) in [5.41, 5.74) is 0.817. The van der Waals surface area contributed by atoms with Crippen molar-refractivity contribution in [1.29, 1.82) is 0 Å². The molecule has 1 aromatic rings. The van der Waals surface area contributed by atoms with Crippen molar-refractivity contribution in [2.24, 2.45) is 22.7 Å². The molecule has 2 unspecified atom stereocenters. The summed E-state index contributed by atoms with van der Waals surface area (Å²) in [6, 6.07) is 4.55. The molecule has 5 aliphatic carbocycles. The summed E-state index contributed by atoms with van der Waals surface area (Å²) in [5, 5.41) is 23.3. The highest BCUT2D eigenvalue weighted by Gasteiger charge is 2.84. The zero-order chi connectivity index (χ0) is 24.8. The topological polar surface area (TPSA) is 58.9 Å². The highest BCUT2D eigenvalue weighted by Crippen LogP contribution is 2.78. The second kappa shape index (κ2) is 6.39. The summed E-state index contributed by atoms with van der Waals surface area (Å²) in [6.07, 6.45) is 7.74. The third kappa shape index (κ3) is 2.38. The molecule has 35 heavy (non-hydrogen) atoms. The summed E-state index contributed by atoms with van der Waals surface area (Å²) < 4.78 is 14.7. The molecule has 2 heterocycles. The molecule has 8 atom stereocenters. The Kier molecular flexibility index (Phi) is 4.18. The van der Waals surface area contributed by atoms with Gasteiger partial charge in [-0.15, -0.1) is 0 Å². The van der Waals surface area contributed by atoms with Crippen molar-refractivity contribution in [3.05, 3.63) is 23.3 Å². The quantitative estimate of drug-likeness (QED) is 0.618. The number of phenols is 1. The SMILES string of the molecule is COC12CC[C@]3(C[C@H]1C(C)(O)C(C)(C)C)[C@@H]1Cc4ccc(O)c5c4[C@]3(CC[N@@+]1(C)CC1CC1)[C@@H]2O5. The summed E-state index contributed by atoms with van der Waals surface area (Å²) in [7, 11) is 4.37. The van der Waals surface area contributed by atoms with Crippen molar-refractivity contribution in [2.75, 3.05) is 27.2 Å². The number of nitrogens with zero attached hydrogens (tertiary/aromatic N) is 1. The molecule has 0 amide bonds. The van der Waals surface area contributed by atoms with Crippen LogP contribution in [0.3, 0.4) is 0 Å². The fraction of sp³-hybridized carbons (Fsp3) is 0.800. The number of fused-ring (bicyclic) bond motifs is 2. The van der Waals surface area contributed by atoms with E-state index in [0.717, 1.165) is 49.0 Å². The number of hydrogen-bond acceptors (Lipinski definition) is 4. The number of likely N-dealkylation sites (N-methyl/N-ethyl adjacent to an activating group) is 1. The number of likely N-dealkylation sites (tertiary alicyclic amines) is 1. The smallest absolute Gasteiger partial charge is 0.165 e. The molecule has 5 heteroatoms. The maximum atomic E-state index is 12.3. The zero-order valence-electron chi connectivity index (χ0n) is 22.5. The van der Waals surface area contributed by atoms with Crippen molar-refractivity contribution < 1.29 is 24.2 Å². The minimum absolute atomic E-state index is 0.0279. The second-order valence-corrected chi connectivity index (χ2v) is 14.7. The van der Waals surface area contributed by atoms with Crippen LogP contribution in [-0.4, -0.2) is 65.3 Å². The predicted molar refractivity (Wildman–Crippen MR) is 135 cm³/mol. The molecule has 0 radical (unpaired) electrons. The molecule has 5 nitrogen and oxygen atoms in total. The predicted octanol–water partition coefficient (Wildman–Crippen LogP) is 4.56. The Morgan fingerprint density at radius 3 is 2.54 bits per heavy atom. The van der Waals surface area contributed by atoms with E-state index in [-0.39, 0.29) is 34.0 Å². The highest BCUT2D eigenvalue weighted by atomic mass is 16.6. The van der Waals surface area contributed by atoms with Crippen LogP contribution in [0.15, 0.2) is 12.1 Å². The van der Waals surface area contributed by atoms with Gasteiger partial charge in [-0.05, 0) is 56.1 Å². The summed E-state index contributed by atoms with van der Waals surface area (Å²) in [4.78, 5) is 0. The van der Waals surface area contributed by atoms with Crippen LogP contribution >= 0.6 is 0 Å². The third-order valence-electron chi connectivity index (χ3n) is 12.6. The average Bonchev–Trinajstić information content (AvgIpc) is 3.52. The van der Waals surface area contributed by atoms with E-state index >= 15 is 0 Å². The number of rotatable bonds is 4. The molecule has 7 aliphatic rings. The zero-order valence-corrected chi connectivity index (χ0v) is 22.5. The molecule has 8 rings (SSSR count). The number of aromatic hydroxyl groups is 1. The Labute approximate surface area is 210 Å². The van der Waals surface area contributed by atoms with Crippen molar-refractivity contribution in [2.45, 2.75) is 101 Å². The van der Waals surface area contributed by atoms with Crippen LogP contribution in [-0.2, 0) is 16.6 Å². The van der Waals surface area contributed by atoms with Gasteiger partial charge in [-0.25, -0.2) is 0 Å². The van der Waals surface area contributed by atoms with E-state index in [1.807, 2.05) is 20.1 Å². The molecule has 4 bridgehead atoms. The van der Waals surface area contributed by atoms with E-state index in [1.165, 1.54) is 30.5 Å². The molecular formula is C30H44NO4+. The number of methoxy groups -OCH3 is 1.